The van der Waals surface area contributed by atoms with Crippen LogP contribution in [0.3, 0.4) is 0 Å². The Morgan fingerprint density at radius 2 is 1.97 bits per heavy atom. The number of piperidine rings is 1. The summed E-state index contributed by atoms with van der Waals surface area (Å²) < 4.78 is 33.2. The van der Waals surface area contributed by atoms with Crippen molar-refractivity contribution in [1.82, 2.24) is 14.7 Å². The van der Waals surface area contributed by atoms with E-state index in [9.17, 15) is 8.76 Å². The summed E-state index contributed by atoms with van der Waals surface area (Å²) in [4.78, 5) is 11.1. The molecule has 0 spiro atoms. The van der Waals surface area contributed by atoms with Crippen LogP contribution >= 0.6 is 11.3 Å². The predicted molar refractivity (Wildman–Crippen MR) is 118 cm³/mol. The van der Waals surface area contributed by atoms with Crippen LogP contribution in [0, 0.1) is 0 Å². The number of methoxy groups -OCH3 is 1. The summed E-state index contributed by atoms with van der Waals surface area (Å²) in [5.74, 6) is 2.13. The maximum Gasteiger partial charge on any atom is 0.228 e. The fourth-order valence-corrected chi connectivity index (χ4v) is 5.60. The molecule has 1 saturated heterocycles. The topological polar surface area (TPSA) is 102 Å². The summed E-state index contributed by atoms with van der Waals surface area (Å²) >= 11 is 1.23. The first-order valence-corrected chi connectivity index (χ1v) is 11.9. The summed E-state index contributed by atoms with van der Waals surface area (Å²) in [5.41, 5.74) is 0.905. The van der Waals surface area contributed by atoms with Crippen LogP contribution in [0.4, 0.5) is 17.5 Å². The van der Waals surface area contributed by atoms with E-state index in [0.717, 1.165) is 11.4 Å². The fourth-order valence-electron chi connectivity index (χ4n) is 3.28. The highest BCUT2D eigenvalue weighted by molar-refractivity contribution is 7.97. The normalized spacial score (nSPS) is 16.8. The summed E-state index contributed by atoms with van der Waals surface area (Å²) in [6, 6.07) is 12.7. The van der Waals surface area contributed by atoms with Gasteiger partial charge in [0.25, 0.3) is 0 Å². The number of ether oxygens (including phenoxy) is 1. The van der Waals surface area contributed by atoms with Crippen molar-refractivity contribution >= 4 is 39.2 Å². The molecule has 10 heteroatoms. The van der Waals surface area contributed by atoms with Gasteiger partial charge < -0.3 is 19.5 Å². The first-order valence-electron chi connectivity index (χ1n) is 9.58. The monoisotopic (exact) mass is 445 g/mol. The van der Waals surface area contributed by atoms with Crippen molar-refractivity contribution in [2.75, 3.05) is 30.4 Å². The van der Waals surface area contributed by atoms with Crippen molar-refractivity contribution in [3.63, 3.8) is 0 Å². The summed E-state index contributed by atoms with van der Waals surface area (Å²) in [5, 5.41) is 5.03. The van der Waals surface area contributed by atoms with E-state index in [1.54, 1.807) is 30.8 Å². The number of rotatable bonds is 7. The lowest BCUT2D eigenvalue weighted by atomic mass is 10.1. The van der Waals surface area contributed by atoms with Crippen molar-refractivity contribution in [2.45, 2.75) is 23.1 Å². The van der Waals surface area contributed by atoms with Crippen LogP contribution in [0.15, 0.2) is 58.3 Å². The van der Waals surface area contributed by atoms with E-state index < -0.39 is 10.4 Å². The first-order chi connectivity index (χ1) is 14.5. The molecule has 8 nitrogen and oxygen atoms in total. The van der Waals surface area contributed by atoms with Crippen molar-refractivity contribution in [3.05, 3.63) is 54.0 Å². The number of sulfonamides is 1. The number of hydrogen-bond donors (Lipinski definition) is 2. The van der Waals surface area contributed by atoms with Gasteiger partial charge in [0.15, 0.2) is 10.4 Å². The van der Waals surface area contributed by atoms with E-state index in [4.69, 9.17) is 4.74 Å². The average Bonchev–Trinajstić information content (AvgIpc) is 3.31. The van der Waals surface area contributed by atoms with Crippen LogP contribution in [0.5, 0.6) is 5.75 Å². The minimum absolute atomic E-state index is 0.0889. The van der Waals surface area contributed by atoms with E-state index in [1.165, 1.54) is 11.3 Å². The molecule has 3 aromatic rings. The van der Waals surface area contributed by atoms with Gasteiger partial charge in [-0.3, -0.25) is 0 Å². The van der Waals surface area contributed by atoms with Crippen molar-refractivity contribution in [1.29, 1.82) is 0 Å². The molecule has 30 heavy (non-hydrogen) atoms. The van der Waals surface area contributed by atoms with Crippen LogP contribution in [0.1, 0.15) is 12.8 Å². The molecule has 0 aliphatic carbocycles. The lowest BCUT2D eigenvalue weighted by molar-refractivity contribution is 0.415. The molecule has 158 valence electrons. The van der Waals surface area contributed by atoms with E-state index in [2.05, 4.69) is 24.9 Å². The van der Waals surface area contributed by atoms with E-state index in [0.29, 0.717) is 41.9 Å². The quantitative estimate of drug-likeness (QED) is 0.537. The molecule has 1 aliphatic heterocycles. The van der Waals surface area contributed by atoms with Gasteiger partial charge in [-0.1, -0.05) is 15.5 Å². The van der Waals surface area contributed by atoms with Gasteiger partial charge in [-0.05, 0) is 54.6 Å². The van der Waals surface area contributed by atoms with Gasteiger partial charge in [-0.15, -0.1) is 4.72 Å². The van der Waals surface area contributed by atoms with Gasteiger partial charge in [0.2, 0.25) is 10.2 Å². The van der Waals surface area contributed by atoms with Gasteiger partial charge in [0, 0.05) is 31.0 Å². The number of thiophene rings is 1. The standard InChI is InChI=1S/C20H23N5O3S2/c1-28-17-6-4-15(5-7-17)22-18-8-11-21-20(23-18)25-12-9-16(10-13-25)24-30(26,27)19-3-2-14-29-19/h2-8,11,14,16H,9-10,12-13H2,1H3,(H2-,21,22,23,24,26,27). The Balaban J connectivity index is 1.35. The molecule has 1 aliphatic rings. The van der Waals surface area contributed by atoms with Gasteiger partial charge in [0.05, 0.1) is 13.2 Å². The third-order valence-corrected chi connectivity index (χ3v) is 7.78. The molecule has 0 radical (unpaired) electrons. The zero-order valence-corrected chi connectivity index (χ0v) is 18.1. The Kier molecular flexibility index (Phi) is 6.28. The second-order valence-corrected chi connectivity index (χ2v) is 9.80. The Morgan fingerprint density at radius 1 is 1.20 bits per heavy atom. The molecule has 1 unspecified atom stereocenters. The molecule has 0 amide bonds. The lowest BCUT2D eigenvalue weighted by Gasteiger charge is -2.32. The maximum atomic E-state index is 12.4. The minimum Gasteiger partial charge on any atom is -0.592 e. The van der Waals surface area contributed by atoms with Crippen molar-refractivity contribution in [2.24, 2.45) is 0 Å². The first kappa shape index (κ1) is 20.7. The minimum atomic E-state index is -3.45. The van der Waals surface area contributed by atoms with E-state index >= 15 is 0 Å². The zero-order valence-electron chi connectivity index (χ0n) is 16.5. The summed E-state index contributed by atoms with van der Waals surface area (Å²) in [6.45, 7) is 1.37. The molecule has 1 aromatic carbocycles. The smallest absolute Gasteiger partial charge is 0.228 e. The molecular formula is C20H23N5O3S2. The van der Waals surface area contributed by atoms with Gasteiger partial charge in [-0.2, -0.15) is 4.98 Å². The van der Waals surface area contributed by atoms with Crippen LogP contribution in [0.2, 0.25) is 0 Å². The largest absolute Gasteiger partial charge is 0.592 e. The summed E-state index contributed by atoms with van der Waals surface area (Å²) in [6.07, 6.45) is 3.12. The Bertz CT molecular complexity index is 1010. The highest BCUT2D eigenvalue weighted by Gasteiger charge is 2.29. The maximum absolute atomic E-state index is 12.4. The number of nitrogens with zero attached hydrogens (tertiary/aromatic N) is 3. The average molecular weight is 446 g/mol. The van der Waals surface area contributed by atoms with Crippen LogP contribution in [0.25, 0.3) is 0 Å². The molecule has 2 N–H and O–H groups in total. The van der Waals surface area contributed by atoms with Crippen LogP contribution < -0.4 is 19.7 Å². The number of benzene rings is 1. The second-order valence-electron chi connectivity index (χ2n) is 6.91. The molecule has 1 fully saturated rings. The lowest BCUT2D eigenvalue weighted by Crippen LogP contribution is -2.46. The number of hydrogen-bond acceptors (Lipinski definition) is 8. The number of aromatic nitrogens is 2. The SMILES string of the molecule is COc1ccc(Nc2ccnc(N3CCC(N[S+](=O)([O-])c4cccs4)CC3)n2)cc1. The third kappa shape index (κ3) is 4.96. The summed E-state index contributed by atoms with van der Waals surface area (Å²) in [7, 11) is -1.81. The van der Waals surface area contributed by atoms with Gasteiger partial charge >= 0.3 is 0 Å². The molecule has 4 rings (SSSR count). The second kappa shape index (κ2) is 9.09. The molecule has 0 saturated carbocycles. The van der Waals surface area contributed by atoms with Crippen LogP contribution in [-0.4, -0.2) is 40.8 Å². The Morgan fingerprint density at radius 3 is 2.63 bits per heavy atom. The zero-order chi connectivity index (χ0) is 21.0. The highest BCUT2D eigenvalue weighted by Crippen LogP contribution is 2.24. The predicted octanol–water partition coefficient (Wildman–Crippen LogP) is 3.45. The highest BCUT2D eigenvalue weighted by atomic mass is 32.3. The van der Waals surface area contributed by atoms with Crippen molar-refractivity contribution in [3.8, 4) is 5.75 Å². The van der Waals surface area contributed by atoms with Gasteiger partial charge in [-0.25, -0.2) is 4.98 Å². The van der Waals surface area contributed by atoms with E-state index in [1.807, 2.05) is 30.3 Å². The number of anilines is 3. The molecule has 1 atom stereocenters. The Labute approximate surface area is 180 Å². The molecule has 3 heterocycles. The molecule has 2 aromatic heterocycles. The Hall–Kier alpha value is -2.53. The molecule has 0 bridgehead atoms. The van der Waals surface area contributed by atoms with Crippen LogP contribution in [-0.2, 0) is 14.6 Å². The van der Waals surface area contributed by atoms with Crippen molar-refractivity contribution < 1.29 is 13.5 Å². The third-order valence-electron chi connectivity index (χ3n) is 4.86. The fraction of sp³-hybridized carbons (Fsp3) is 0.300. The number of nitrogens with one attached hydrogen (secondary N) is 2. The van der Waals surface area contributed by atoms with E-state index in [-0.39, 0.29) is 6.04 Å². The van der Waals surface area contributed by atoms with Gasteiger partial charge in [0.1, 0.15) is 11.6 Å². The molecular weight excluding hydrogens is 422 g/mol.